The number of aromatic carboxylic acids is 1. The highest BCUT2D eigenvalue weighted by Crippen LogP contribution is 2.27. The highest BCUT2D eigenvalue weighted by atomic mass is 32.2. The van der Waals surface area contributed by atoms with Crippen LogP contribution in [0.15, 0.2) is 41.3 Å². The van der Waals surface area contributed by atoms with E-state index in [-0.39, 0.29) is 11.3 Å². The summed E-state index contributed by atoms with van der Waals surface area (Å²) in [4.78, 5) is 21.7. The lowest BCUT2D eigenvalue weighted by Crippen LogP contribution is -2.22. The van der Waals surface area contributed by atoms with Crippen LogP contribution in [0.2, 0.25) is 0 Å². The first-order chi connectivity index (χ1) is 18.8. The van der Waals surface area contributed by atoms with E-state index in [2.05, 4.69) is 9.82 Å². The van der Waals surface area contributed by atoms with Crippen molar-refractivity contribution in [1.29, 1.82) is 0 Å². The molecule has 3 N–H and O–H groups in total. The second kappa shape index (κ2) is 13.0. The van der Waals surface area contributed by atoms with Crippen molar-refractivity contribution in [2.24, 2.45) is 7.05 Å². The highest BCUT2D eigenvalue weighted by Gasteiger charge is 2.38. The normalized spacial score (nSPS) is 11.4. The van der Waals surface area contributed by atoms with Gasteiger partial charge in [-0.2, -0.15) is 18.3 Å². The predicted molar refractivity (Wildman–Crippen MR) is 139 cm³/mol. The van der Waals surface area contributed by atoms with Crippen LogP contribution < -0.4 is 9.62 Å². The van der Waals surface area contributed by atoms with Crippen molar-refractivity contribution in [3.8, 4) is 0 Å². The van der Waals surface area contributed by atoms with Crippen LogP contribution in [0.3, 0.4) is 0 Å². The van der Waals surface area contributed by atoms with Crippen molar-refractivity contribution in [3.05, 3.63) is 70.5 Å². The van der Waals surface area contributed by atoms with Crippen LogP contribution in [0.25, 0.3) is 0 Å². The Morgan fingerprint density at radius 1 is 1.07 bits per heavy atom. The van der Waals surface area contributed by atoms with Gasteiger partial charge < -0.3 is 15.1 Å². The Labute approximate surface area is 232 Å². The minimum atomic E-state index is -5.08. The summed E-state index contributed by atoms with van der Waals surface area (Å²) < 4.78 is 88.1. The number of nitrogens with one attached hydrogen (secondary N) is 1. The molecular formula is C25H27F5N4O6S. The molecule has 0 spiro atoms. The number of hydrogen-bond donors (Lipinski definition) is 3. The first-order valence-corrected chi connectivity index (χ1v) is 13.2. The maximum atomic E-state index is 13.9. The highest BCUT2D eigenvalue weighted by molar-refractivity contribution is 7.92. The van der Waals surface area contributed by atoms with Gasteiger partial charge in [0.2, 0.25) is 0 Å². The van der Waals surface area contributed by atoms with E-state index in [1.807, 2.05) is 25.6 Å². The molecule has 0 bridgehead atoms. The number of alkyl halides is 3. The largest absolute Gasteiger partial charge is 0.490 e. The molecule has 0 saturated carbocycles. The standard InChI is InChI=1S/C23H26F2N4O4S.C2HF3O2/c1-14-18(15(2)29(4)26-14)6-5-11-28(3)21-10-8-17(13-19(21)23(30)31)27-34(32,33)22-12-16(24)7-9-20(22)25;3-2(4,5)1(6)7/h7-10,12-13,27H,5-6,11H2,1-4H3,(H,30,31);(H,6,7). The van der Waals surface area contributed by atoms with Crippen molar-refractivity contribution in [2.45, 2.75) is 37.8 Å². The van der Waals surface area contributed by atoms with Crippen molar-refractivity contribution in [1.82, 2.24) is 9.78 Å². The Morgan fingerprint density at radius 3 is 2.20 bits per heavy atom. The summed E-state index contributed by atoms with van der Waals surface area (Å²) in [5.41, 5.74) is 3.38. The van der Waals surface area contributed by atoms with Crippen molar-refractivity contribution in [2.75, 3.05) is 23.2 Å². The van der Waals surface area contributed by atoms with Gasteiger partial charge in [0.25, 0.3) is 10.0 Å². The zero-order chi connectivity index (χ0) is 31.3. The molecule has 41 heavy (non-hydrogen) atoms. The number of carboxylic acids is 2. The number of aliphatic carboxylic acids is 1. The molecule has 0 amide bonds. The quantitative estimate of drug-likeness (QED) is 0.302. The topological polar surface area (TPSA) is 142 Å². The Bertz CT molecular complexity index is 1540. The number of hydrogen-bond acceptors (Lipinski definition) is 6. The van der Waals surface area contributed by atoms with Crippen LogP contribution in [-0.2, 0) is 28.3 Å². The molecule has 0 radical (unpaired) electrons. The summed E-state index contributed by atoms with van der Waals surface area (Å²) in [6.07, 6.45) is -3.56. The van der Waals surface area contributed by atoms with Gasteiger partial charge in [-0.1, -0.05) is 0 Å². The second-order valence-electron chi connectivity index (χ2n) is 8.82. The molecule has 224 valence electrons. The second-order valence-corrected chi connectivity index (χ2v) is 10.5. The molecule has 1 heterocycles. The van der Waals surface area contributed by atoms with E-state index in [1.165, 1.54) is 12.1 Å². The number of nitrogens with zero attached hydrogens (tertiary/aromatic N) is 3. The van der Waals surface area contributed by atoms with E-state index in [1.54, 1.807) is 11.9 Å². The number of aromatic nitrogens is 2. The van der Waals surface area contributed by atoms with Crippen LogP contribution >= 0.6 is 0 Å². The predicted octanol–water partition coefficient (Wildman–Crippen LogP) is 4.52. The molecule has 10 nitrogen and oxygen atoms in total. The third-order valence-electron chi connectivity index (χ3n) is 5.89. The lowest BCUT2D eigenvalue weighted by atomic mass is 10.1. The van der Waals surface area contributed by atoms with Crippen LogP contribution in [0, 0.1) is 25.5 Å². The average Bonchev–Trinajstić information content (AvgIpc) is 3.10. The van der Waals surface area contributed by atoms with Gasteiger partial charge in [0.05, 0.1) is 16.9 Å². The number of benzene rings is 2. The van der Waals surface area contributed by atoms with Crippen molar-refractivity contribution in [3.63, 3.8) is 0 Å². The lowest BCUT2D eigenvalue weighted by Gasteiger charge is -2.22. The molecule has 0 aliphatic rings. The van der Waals surface area contributed by atoms with Crippen LogP contribution in [0.1, 0.15) is 33.7 Å². The first kappa shape index (κ1) is 33.0. The SMILES string of the molecule is Cc1nn(C)c(C)c1CCCN(C)c1ccc(NS(=O)(=O)c2cc(F)ccc2F)cc1C(=O)O.O=C(O)C(F)(F)F. The summed E-state index contributed by atoms with van der Waals surface area (Å²) in [6.45, 7) is 4.49. The summed E-state index contributed by atoms with van der Waals surface area (Å²) in [6, 6.07) is 6.08. The molecule has 0 unspecified atom stereocenters. The number of halogens is 5. The van der Waals surface area contributed by atoms with E-state index in [0.717, 1.165) is 41.9 Å². The Morgan fingerprint density at radius 2 is 1.68 bits per heavy atom. The van der Waals surface area contributed by atoms with Gasteiger partial charge in [-0.05, 0) is 68.7 Å². The van der Waals surface area contributed by atoms with Gasteiger partial charge in [-0.25, -0.2) is 26.8 Å². The van der Waals surface area contributed by atoms with Gasteiger partial charge >= 0.3 is 18.1 Å². The third-order valence-corrected chi connectivity index (χ3v) is 7.29. The zero-order valence-corrected chi connectivity index (χ0v) is 23.1. The van der Waals surface area contributed by atoms with Gasteiger partial charge in [-0.15, -0.1) is 0 Å². The smallest absolute Gasteiger partial charge is 0.478 e. The van der Waals surface area contributed by atoms with Gasteiger partial charge in [-0.3, -0.25) is 9.40 Å². The molecule has 16 heteroatoms. The van der Waals surface area contributed by atoms with Crippen LogP contribution in [-0.4, -0.2) is 60.1 Å². The number of aryl methyl sites for hydroxylation is 2. The summed E-state index contributed by atoms with van der Waals surface area (Å²) in [5, 5.41) is 21.2. The fraction of sp³-hybridized carbons (Fsp3) is 0.320. The molecule has 3 aromatic rings. The van der Waals surface area contributed by atoms with E-state index in [4.69, 9.17) is 9.90 Å². The molecule has 1 aromatic heterocycles. The Balaban J connectivity index is 0.000000745. The summed E-state index contributed by atoms with van der Waals surface area (Å²) in [5.74, 6) is -6.05. The number of rotatable bonds is 9. The number of carbonyl (C=O) groups is 2. The van der Waals surface area contributed by atoms with E-state index >= 15 is 0 Å². The Hall–Kier alpha value is -4.21. The van der Waals surface area contributed by atoms with E-state index in [0.29, 0.717) is 24.4 Å². The monoisotopic (exact) mass is 606 g/mol. The van der Waals surface area contributed by atoms with E-state index < -0.39 is 44.7 Å². The minimum Gasteiger partial charge on any atom is -0.478 e. The molecule has 0 aliphatic heterocycles. The maximum Gasteiger partial charge on any atom is 0.490 e. The van der Waals surface area contributed by atoms with Crippen LogP contribution in [0.5, 0.6) is 0 Å². The molecule has 0 atom stereocenters. The molecular weight excluding hydrogens is 579 g/mol. The molecule has 0 saturated heterocycles. The van der Waals surface area contributed by atoms with E-state index in [9.17, 15) is 40.3 Å². The maximum absolute atomic E-state index is 13.9. The minimum absolute atomic E-state index is 0.0835. The molecule has 0 fully saturated rings. The summed E-state index contributed by atoms with van der Waals surface area (Å²) in [7, 11) is -0.841. The first-order valence-electron chi connectivity index (χ1n) is 11.7. The van der Waals surface area contributed by atoms with Gasteiger partial charge in [0.1, 0.15) is 16.5 Å². The fourth-order valence-corrected chi connectivity index (χ4v) is 4.93. The zero-order valence-electron chi connectivity index (χ0n) is 22.3. The molecule has 2 aromatic carbocycles. The van der Waals surface area contributed by atoms with Gasteiger partial charge in [0.15, 0.2) is 0 Å². The van der Waals surface area contributed by atoms with Crippen LogP contribution in [0.4, 0.5) is 33.3 Å². The van der Waals surface area contributed by atoms with Crippen molar-refractivity contribution >= 4 is 33.3 Å². The van der Waals surface area contributed by atoms with Gasteiger partial charge in [0, 0.05) is 32.0 Å². The molecule has 3 rings (SSSR count). The number of anilines is 2. The lowest BCUT2D eigenvalue weighted by molar-refractivity contribution is -0.192. The number of carboxylic acid groups (broad SMARTS) is 2. The fourth-order valence-electron chi connectivity index (χ4n) is 3.79. The number of sulfonamides is 1. The van der Waals surface area contributed by atoms with Crippen molar-refractivity contribution < 1.29 is 50.2 Å². The summed E-state index contributed by atoms with van der Waals surface area (Å²) >= 11 is 0. The molecule has 0 aliphatic carbocycles. The third kappa shape index (κ3) is 8.64. The Kier molecular flexibility index (Phi) is 10.4. The average molecular weight is 607 g/mol.